The van der Waals surface area contributed by atoms with Crippen LogP contribution >= 0.6 is 11.6 Å². The maximum atomic E-state index is 6.20. The fourth-order valence-electron chi connectivity index (χ4n) is 1.96. The summed E-state index contributed by atoms with van der Waals surface area (Å²) in [6, 6.07) is 6.56. The molecule has 1 N–H and O–H groups in total. The second-order valence-electron chi connectivity index (χ2n) is 4.44. The molecule has 2 nitrogen and oxygen atoms in total. The van der Waals surface area contributed by atoms with Gasteiger partial charge in [-0.05, 0) is 11.6 Å². The van der Waals surface area contributed by atoms with Crippen LogP contribution in [-0.2, 0) is 13.6 Å². The monoisotopic (exact) mass is 236 g/mol. The molecule has 0 saturated carbocycles. The van der Waals surface area contributed by atoms with Crippen LogP contribution in [0.1, 0.15) is 19.4 Å². The Kier molecular flexibility index (Phi) is 3.22. The molecule has 86 valence electrons. The number of nitrogens with zero attached hydrogens (tertiary/aromatic N) is 1. The summed E-state index contributed by atoms with van der Waals surface area (Å²) in [5, 5.41) is 5.48. The van der Waals surface area contributed by atoms with Gasteiger partial charge in [0, 0.05) is 31.2 Å². The maximum absolute atomic E-state index is 6.20. The van der Waals surface area contributed by atoms with Crippen LogP contribution in [0.15, 0.2) is 24.4 Å². The van der Waals surface area contributed by atoms with E-state index in [1.807, 2.05) is 19.2 Å². The Morgan fingerprint density at radius 3 is 2.81 bits per heavy atom. The average molecular weight is 237 g/mol. The maximum Gasteiger partial charge on any atom is 0.0670 e. The first-order valence-electron chi connectivity index (χ1n) is 5.55. The molecule has 1 aromatic carbocycles. The minimum atomic E-state index is 0.495. The zero-order chi connectivity index (χ0) is 11.7. The zero-order valence-corrected chi connectivity index (χ0v) is 10.7. The molecule has 0 spiro atoms. The van der Waals surface area contributed by atoms with Gasteiger partial charge in [0.05, 0.1) is 10.5 Å². The Labute approximate surface area is 101 Å². The third-order valence-electron chi connectivity index (χ3n) is 2.74. The quantitative estimate of drug-likeness (QED) is 0.865. The fourth-order valence-corrected chi connectivity index (χ4v) is 2.26. The molecule has 1 aromatic heterocycles. The van der Waals surface area contributed by atoms with E-state index in [4.69, 9.17) is 11.6 Å². The molecule has 3 heteroatoms. The molecule has 0 fully saturated rings. The molecular formula is C13H17ClN2. The molecule has 0 aliphatic heterocycles. The van der Waals surface area contributed by atoms with Gasteiger partial charge in [-0.15, -0.1) is 0 Å². The molecule has 0 aliphatic carbocycles. The lowest BCUT2D eigenvalue weighted by Gasteiger charge is -2.06. The first-order valence-corrected chi connectivity index (χ1v) is 5.93. The predicted octanol–water partition coefficient (Wildman–Crippen LogP) is 3.33. The molecule has 0 unspecified atom stereocenters. The van der Waals surface area contributed by atoms with Crippen LogP contribution in [0.4, 0.5) is 0 Å². The number of halogens is 1. The van der Waals surface area contributed by atoms with Gasteiger partial charge in [0.25, 0.3) is 0 Å². The Morgan fingerprint density at radius 2 is 2.12 bits per heavy atom. The smallest absolute Gasteiger partial charge is 0.0670 e. The van der Waals surface area contributed by atoms with Crippen molar-refractivity contribution in [1.82, 2.24) is 9.88 Å². The van der Waals surface area contributed by atoms with E-state index in [-0.39, 0.29) is 0 Å². The van der Waals surface area contributed by atoms with Crippen LogP contribution in [0.2, 0.25) is 5.02 Å². The second-order valence-corrected chi connectivity index (χ2v) is 4.84. The second kappa shape index (κ2) is 4.48. The highest BCUT2D eigenvalue weighted by atomic mass is 35.5. The van der Waals surface area contributed by atoms with Crippen molar-refractivity contribution in [2.45, 2.75) is 26.4 Å². The van der Waals surface area contributed by atoms with Crippen molar-refractivity contribution in [1.29, 1.82) is 0 Å². The lowest BCUT2D eigenvalue weighted by Crippen LogP contribution is -2.21. The third kappa shape index (κ3) is 2.08. The van der Waals surface area contributed by atoms with Crippen molar-refractivity contribution in [3.63, 3.8) is 0 Å². The van der Waals surface area contributed by atoms with E-state index in [0.717, 1.165) is 17.1 Å². The Morgan fingerprint density at radius 1 is 1.38 bits per heavy atom. The van der Waals surface area contributed by atoms with Crippen molar-refractivity contribution in [2.24, 2.45) is 7.05 Å². The molecule has 0 radical (unpaired) electrons. The van der Waals surface area contributed by atoms with E-state index in [2.05, 4.69) is 36.0 Å². The fraction of sp³-hybridized carbons (Fsp3) is 0.385. The topological polar surface area (TPSA) is 17.0 Å². The molecule has 1 heterocycles. The van der Waals surface area contributed by atoms with E-state index in [1.165, 1.54) is 10.9 Å². The molecule has 16 heavy (non-hydrogen) atoms. The van der Waals surface area contributed by atoms with Gasteiger partial charge in [-0.1, -0.05) is 37.6 Å². The number of hydrogen-bond donors (Lipinski definition) is 1. The van der Waals surface area contributed by atoms with Gasteiger partial charge in [0.2, 0.25) is 0 Å². The Hall–Kier alpha value is -0.990. The van der Waals surface area contributed by atoms with Crippen LogP contribution in [0.3, 0.4) is 0 Å². The van der Waals surface area contributed by atoms with Gasteiger partial charge in [0.15, 0.2) is 0 Å². The van der Waals surface area contributed by atoms with Crippen molar-refractivity contribution < 1.29 is 0 Å². The summed E-state index contributed by atoms with van der Waals surface area (Å²) in [6.07, 6.45) is 2.14. The number of rotatable bonds is 3. The van der Waals surface area contributed by atoms with Crippen LogP contribution < -0.4 is 5.32 Å². The molecule has 0 aliphatic rings. The minimum absolute atomic E-state index is 0.495. The normalized spacial score (nSPS) is 11.6. The standard InChI is InChI=1S/C13H17ClN2/c1-9(2)15-7-10-8-16(3)13-11(10)5-4-6-12(13)14/h4-6,8-9,15H,7H2,1-3H3. The molecule has 0 amide bonds. The number of fused-ring (bicyclic) bond motifs is 1. The molecule has 2 aromatic rings. The van der Waals surface area contributed by atoms with Gasteiger partial charge in [0.1, 0.15) is 0 Å². The molecule has 2 rings (SSSR count). The first kappa shape index (κ1) is 11.5. The van der Waals surface area contributed by atoms with Crippen molar-refractivity contribution >= 4 is 22.5 Å². The van der Waals surface area contributed by atoms with Crippen molar-refractivity contribution in [3.05, 3.63) is 35.0 Å². The van der Waals surface area contributed by atoms with Crippen molar-refractivity contribution in [3.8, 4) is 0 Å². The van der Waals surface area contributed by atoms with Crippen LogP contribution in [0.5, 0.6) is 0 Å². The highest BCUT2D eigenvalue weighted by molar-refractivity contribution is 6.35. The van der Waals surface area contributed by atoms with Crippen LogP contribution in [-0.4, -0.2) is 10.6 Å². The van der Waals surface area contributed by atoms with Gasteiger partial charge < -0.3 is 9.88 Å². The van der Waals surface area contributed by atoms with E-state index in [1.54, 1.807) is 0 Å². The first-order chi connectivity index (χ1) is 7.59. The molecule has 0 saturated heterocycles. The average Bonchev–Trinajstić information content (AvgIpc) is 2.54. The number of aromatic nitrogens is 1. The summed E-state index contributed by atoms with van der Waals surface area (Å²) in [4.78, 5) is 0. The summed E-state index contributed by atoms with van der Waals surface area (Å²) in [6.45, 7) is 5.19. The molecular weight excluding hydrogens is 220 g/mol. The number of benzene rings is 1. The minimum Gasteiger partial charge on any atom is -0.349 e. The lowest BCUT2D eigenvalue weighted by molar-refractivity contribution is 0.590. The van der Waals surface area contributed by atoms with Crippen LogP contribution in [0.25, 0.3) is 10.9 Å². The largest absolute Gasteiger partial charge is 0.349 e. The molecule has 0 atom stereocenters. The molecule has 0 bridgehead atoms. The highest BCUT2D eigenvalue weighted by Gasteiger charge is 2.08. The SMILES string of the molecule is CC(C)NCc1cn(C)c2c(Cl)cccc12. The number of nitrogens with one attached hydrogen (secondary N) is 1. The highest BCUT2D eigenvalue weighted by Crippen LogP contribution is 2.27. The summed E-state index contributed by atoms with van der Waals surface area (Å²) in [7, 11) is 2.03. The Balaban J connectivity index is 2.43. The zero-order valence-electron chi connectivity index (χ0n) is 9.92. The third-order valence-corrected chi connectivity index (χ3v) is 3.04. The number of aryl methyl sites for hydroxylation is 1. The van der Waals surface area contributed by atoms with Gasteiger partial charge >= 0.3 is 0 Å². The van der Waals surface area contributed by atoms with Gasteiger partial charge in [-0.2, -0.15) is 0 Å². The summed E-state index contributed by atoms with van der Waals surface area (Å²) < 4.78 is 2.09. The van der Waals surface area contributed by atoms with E-state index >= 15 is 0 Å². The predicted molar refractivity (Wildman–Crippen MR) is 69.9 cm³/mol. The summed E-state index contributed by atoms with van der Waals surface area (Å²) in [5.41, 5.74) is 2.42. The van der Waals surface area contributed by atoms with Gasteiger partial charge in [-0.25, -0.2) is 0 Å². The number of para-hydroxylation sites is 1. The lowest BCUT2D eigenvalue weighted by atomic mass is 10.1. The van der Waals surface area contributed by atoms with Crippen LogP contribution in [0, 0.1) is 0 Å². The summed E-state index contributed by atoms with van der Waals surface area (Å²) in [5.74, 6) is 0. The van der Waals surface area contributed by atoms with Gasteiger partial charge in [-0.3, -0.25) is 0 Å². The summed E-state index contributed by atoms with van der Waals surface area (Å²) >= 11 is 6.20. The number of hydrogen-bond acceptors (Lipinski definition) is 1. The van der Waals surface area contributed by atoms with Crippen molar-refractivity contribution in [2.75, 3.05) is 0 Å². The van der Waals surface area contributed by atoms with E-state index in [9.17, 15) is 0 Å². The van der Waals surface area contributed by atoms with E-state index in [0.29, 0.717) is 6.04 Å². The Bertz CT molecular complexity index is 500. The van der Waals surface area contributed by atoms with E-state index < -0.39 is 0 Å².